The van der Waals surface area contributed by atoms with E-state index in [1.54, 1.807) is 10.9 Å². The van der Waals surface area contributed by atoms with Gasteiger partial charge in [-0.05, 0) is 0 Å². The Morgan fingerprint density at radius 3 is 3.11 bits per heavy atom. The van der Waals surface area contributed by atoms with Crippen LogP contribution >= 0.6 is 23.6 Å². The topological polar surface area (TPSA) is 92.3 Å². The number of carbonyl (C=O) groups is 1. The van der Waals surface area contributed by atoms with E-state index in [9.17, 15) is 4.79 Å². The second-order valence-electron chi connectivity index (χ2n) is 3.60. The van der Waals surface area contributed by atoms with Crippen LogP contribution in [0.1, 0.15) is 6.92 Å². The molecule has 0 aliphatic heterocycles. The molecule has 0 unspecified atom stereocenters. The van der Waals surface area contributed by atoms with Gasteiger partial charge in [-0.2, -0.15) is 0 Å². The summed E-state index contributed by atoms with van der Waals surface area (Å²) in [6, 6.07) is 0. The molecule has 2 aromatic heterocycles. The van der Waals surface area contributed by atoms with E-state index in [1.807, 2.05) is 0 Å². The first-order valence-electron chi connectivity index (χ1n) is 5.40. The number of carbonyl (C=O) groups excluding carboxylic acids is 1. The highest BCUT2D eigenvalue weighted by Crippen LogP contribution is 2.19. The average molecular weight is 300 g/mol. The third-order valence-electron chi connectivity index (χ3n) is 2.18. The lowest BCUT2D eigenvalue weighted by atomic mass is 10.6. The fraction of sp³-hybridized carbons (Fsp3) is 0.400. The number of hydrogen-bond acceptors (Lipinski definition) is 8. The summed E-state index contributed by atoms with van der Waals surface area (Å²) in [5.41, 5.74) is 6.89. The van der Waals surface area contributed by atoms with E-state index < -0.39 is 0 Å². The minimum atomic E-state index is -0.330. The lowest BCUT2D eigenvalue weighted by Gasteiger charge is -2.06. The van der Waals surface area contributed by atoms with Gasteiger partial charge in [-0.3, -0.25) is 9.36 Å². The molecule has 0 saturated heterocycles. The maximum Gasteiger partial charge on any atom is 0.302 e. The first kappa shape index (κ1) is 13.8. The van der Waals surface area contributed by atoms with Crippen LogP contribution in [-0.4, -0.2) is 33.7 Å². The van der Waals surface area contributed by atoms with E-state index in [0.29, 0.717) is 26.7 Å². The molecule has 0 saturated carbocycles. The van der Waals surface area contributed by atoms with Crippen molar-refractivity contribution in [3.63, 3.8) is 0 Å². The van der Waals surface area contributed by atoms with Gasteiger partial charge in [0.1, 0.15) is 22.7 Å². The Hall–Kier alpha value is -1.58. The number of rotatable bonds is 5. The number of aromatic nitrogens is 3. The Morgan fingerprint density at radius 1 is 1.58 bits per heavy atom. The van der Waals surface area contributed by atoms with Crippen molar-refractivity contribution in [2.45, 2.75) is 13.7 Å². The number of imidazole rings is 1. The minimum absolute atomic E-state index is 0.214. The normalized spacial score (nSPS) is 10.8. The fourth-order valence-corrected chi connectivity index (χ4v) is 2.37. The Bertz CT molecular complexity index is 652. The molecule has 2 N–H and O–H groups in total. The van der Waals surface area contributed by atoms with Crippen molar-refractivity contribution in [1.82, 2.24) is 14.5 Å². The van der Waals surface area contributed by atoms with Gasteiger partial charge in [0.25, 0.3) is 0 Å². The molecule has 0 aliphatic rings. The highest BCUT2D eigenvalue weighted by molar-refractivity contribution is 7.74. The summed E-state index contributed by atoms with van der Waals surface area (Å²) in [4.78, 5) is 18.9. The summed E-state index contributed by atoms with van der Waals surface area (Å²) in [7, 11) is 0. The molecule has 0 aliphatic carbocycles. The monoisotopic (exact) mass is 300 g/mol. The third-order valence-corrected chi connectivity index (χ3v) is 3.30. The van der Waals surface area contributed by atoms with Gasteiger partial charge in [0, 0.05) is 6.92 Å². The van der Waals surface area contributed by atoms with Crippen molar-refractivity contribution < 1.29 is 14.3 Å². The summed E-state index contributed by atoms with van der Waals surface area (Å²) in [5.74, 6) is -0.330. The van der Waals surface area contributed by atoms with Crippen LogP contribution in [0.5, 0.6) is 0 Å². The van der Waals surface area contributed by atoms with Gasteiger partial charge in [0.15, 0.2) is 10.8 Å². The number of ether oxygens (including phenoxy) is 2. The van der Waals surface area contributed by atoms with Crippen LogP contribution in [0.3, 0.4) is 0 Å². The molecule has 2 heterocycles. The third kappa shape index (κ3) is 3.46. The summed E-state index contributed by atoms with van der Waals surface area (Å²) in [5, 5.41) is 0.388. The minimum Gasteiger partial charge on any atom is -0.463 e. The molecule has 0 atom stereocenters. The number of nitrogens with zero attached hydrogens (tertiary/aromatic N) is 3. The zero-order valence-corrected chi connectivity index (χ0v) is 11.8. The number of fused-ring (bicyclic) bond motifs is 1. The highest BCUT2D eigenvalue weighted by Gasteiger charge is 2.07. The van der Waals surface area contributed by atoms with Gasteiger partial charge in [0.05, 0.1) is 12.9 Å². The van der Waals surface area contributed by atoms with Crippen molar-refractivity contribution in [3.8, 4) is 0 Å². The Morgan fingerprint density at radius 2 is 2.37 bits per heavy atom. The maximum atomic E-state index is 10.6. The van der Waals surface area contributed by atoms with Crippen molar-refractivity contribution in [1.29, 1.82) is 0 Å². The van der Waals surface area contributed by atoms with E-state index >= 15 is 0 Å². The molecule has 0 amide bonds. The molecular weight excluding hydrogens is 288 g/mol. The molecule has 7 nitrogen and oxygen atoms in total. The second-order valence-corrected chi connectivity index (χ2v) is 5.30. The smallest absolute Gasteiger partial charge is 0.302 e. The molecule has 102 valence electrons. The standard InChI is InChI=1S/C10H12N4O3S2/c1-6(15)17-3-2-16-5-14-4-12-7-8(14)13-10(11)19-9(7)18/h4H,2-3,5H2,1H3,(H2,11,13). The van der Waals surface area contributed by atoms with Crippen molar-refractivity contribution in [2.24, 2.45) is 0 Å². The van der Waals surface area contributed by atoms with Gasteiger partial charge in [0.2, 0.25) is 0 Å². The molecule has 0 spiro atoms. The summed E-state index contributed by atoms with van der Waals surface area (Å²) in [6.07, 6.45) is 1.59. The zero-order valence-electron chi connectivity index (χ0n) is 10.2. The van der Waals surface area contributed by atoms with Crippen LogP contribution in [0.25, 0.3) is 11.2 Å². The lowest BCUT2D eigenvalue weighted by Crippen LogP contribution is -2.10. The number of nitrogens with two attached hydrogens (primary N) is 1. The van der Waals surface area contributed by atoms with Crippen LogP contribution in [-0.2, 0) is 21.0 Å². The number of anilines is 1. The highest BCUT2D eigenvalue weighted by atomic mass is 32.1. The maximum absolute atomic E-state index is 10.6. The quantitative estimate of drug-likeness (QED) is 0.506. The van der Waals surface area contributed by atoms with Gasteiger partial charge < -0.3 is 15.2 Å². The van der Waals surface area contributed by atoms with E-state index in [1.165, 1.54) is 18.3 Å². The second kappa shape index (κ2) is 6.04. The summed E-state index contributed by atoms with van der Waals surface area (Å²) < 4.78 is 12.4. The van der Waals surface area contributed by atoms with Gasteiger partial charge >= 0.3 is 5.97 Å². The van der Waals surface area contributed by atoms with Crippen LogP contribution < -0.4 is 5.73 Å². The number of nitrogen functional groups attached to an aromatic ring is 1. The summed E-state index contributed by atoms with van der Waals surface area (Å²) in [6.45, 7) is 2.10. The number of esters is 1. The molecule has 2 aromatic rings. The predicted molar refractivity (Wildman–Crippen MR) is 73.2 cm³/mol. The Balaban J connectivity index is 2.01. The van der Waals surface area contributed by atoms with Crippen molar-refractivity contribution in [2.75, 3.05) is 18.9 Å². The molecule has 9 heteroatoms. The fourth-order valence-electron chi connectivity index (χ4n) is 1.41. The molecule has 0 fully saturated rings. The van der Waals surface area contributed by atoms with Gasteiger partial charge in [-0.25, -0.2) is 9.97 Å². The van der Waals surface area contributed by atoms with E-state index in [0.717, 1.165) is 0 Å². The van der Waals surface area contributed by atoms with Crippen LogP contribution in [0.15, 0.2) is 6.33 Å². The summed E-state index contributed by atoms with van der Waals surface area (Å²) >= 11 is 6.38. The van der Waals surface area contributed by atoms with Gasteiger partial charge in [-0.15, -0.1) is 0 Å². The van der Waals surface area contributed by atoms with Crippen LogP contribution in [0.4, 0.5) is 5.13 Å². The van der Waals surface area contributed by atoms with Crippen molar-refractivity contribution in [3.05, 3.63) is 10.2 Å². The largest absolute Gasteiger partial charge is 0.463 e. The first-order chi connectivity index (χ1) is 9.08. The van der Waals surface area contributed by atoms with Gasteiger partial charge in [-0.1, -0.05) is 23.6 Å². The SMILES string of the molecule is CC(=O)OCCOCn1cnc2c(=S)sc(N)nc21. The zero-order chi connectivity index (χ0) is 13.8. The molecule has 0 radical (unpaired) electrons. The van der Waals surface area contributed by atoms with E-state index in [-0.39, 0.29) is 19.3 Å². The molecular formula is C10H12N4O3S2. The Labute approximate surface area is 118 Å². The first-order valence-corrected chi connectivity index (χ1v) is 6.63. The molecule has 0 bridgehead atoms. The van der Waals surface area contributed by atoms with E-state index in [2.05, 4.69) is 9.97 Å². The average Bonchev–Trinajstić information content (AvgIpc) is 2.72. The lowest BCUT2D eigenvalue weighted by molar-refractivity contribution is -0.142. The Kier molecular flexibility index (Phi) is 4.40. The molecule has 0 aromatic carbocycles. The molecule has 2 rings (SSSR count). The molecule has 19 heavy (non-hydrogen) atoms. The van der Waals surface area contributed by atoms with Crippen LogP contribution in [0.2, 0.25) is 0 Å². The van der Waals surface area contributed by atoms with Crippen LogP contribution in [0, 0.1) is 3.82 Å². The van der Waals surface area contributed by atoms with Crippen molar-refractivity contribution >= 4 is 45.8 Å². The predicted octanol–water partition coefficient (Wildman–Crippen LogP) is 1.34. The van der Waals surface area contributed by atoms with E-state index in [4.69, 9.17) is 27.4 Å². The number of hydrogen-bond donors (Lipinski definition) is 1.